The average Bonchev–Trinajstić information content (AvgIpc) is 2.45. The van der Waals surface area contributed by atoms with Crippen molar-refractivity contribution in [1.82, 2.24) is 4.90 Å². The minimum Gasteiger partial charge on any atom is -0.391 e. The molecule has 1 fully saturated rings. The first-order chi connectivity index (χ1) is 9.90. The molecule has 2 unspecified atom stereocenters. The van der Waals surface area contributed by atoms with E-state index in [1.165, 1.54) is 17.0 Å². The monoisotopic (exact) mass is 292 g/mol. The minimum absolute atomic E-state index is 0.0871. The number of carbonyl (C=O) groups excluding carboxylic acids is 1. The van der Waals surface area contributed by atoms with Crippen LogP contribution in [-0.2, 0) is 0 Å². The number of nitro groups is 1. The average molecular weight is 292 g/mol. The van der Waals surface area contributed by atoms with E-state index in [0.29, 0.717) is 17.5 Å². The number of carbonyl (C=O) groups is 1. The van der Waals surface area contributed by atoms with Crippen molar-refractivity contribution in [3.05, 3.63) is 39.4 Å². The molecular formula is C15H20N2O4. The van der Waals surface area contributed by atoms with E-state index in [2.05, 4.69) is 0 Å². The molecule has 0 aliphatic heterocycles. The molecule has 0 aromatic heterocycles. The summed E-state index contributed by atoms with van der Waals surface area (Å²) in [6.45, 7) is 1.72. The highest BCUT2D eigenvalue weighted by molar-refractivity contribution is 5.95. The van der Waals surface area contributed by atoms with E-state index in [0.717, 1.165) is 19.3 Å². The Morgan fingerprint density at radius 3 is 2.62 bits per heavy atom. The maximum atomic E-state index is 12.5. The molecule has 1 N–H and O–H groups in total. The van der Waals surface area contributed by atoms with Gasteiger partial charge in [-0.3, -0.25) is 14.9 Å². The molecule has 1 saturated carbocycles. The standard InChI is InChI=1S/C15H20N2O4/c1-10-7-11(9-12(8-10)17(20)21)15(19)16(2)13-5-3-4-6-14(13)18/h7-9,13-14,18H,3-6H2,1-2H3. The quantitative estimate of drug-likeness (QED) is 0.684. The van der Waals surface area contributed by atoms with Gasteiger partial charge in [0.1, 0.15) is 0 Å². The van der Waals surface area contributed by atoms with Crippen LogP contribution in [0.4, 0.5) is 5.69 Å². The number of benzene rings is 1. The number of non-ortho nitro benzene ring substituents is 1. The third-order valence-corrected chi connectivity index (χ3v) is 4.03. The van der Waals surface area contributed by atoms with E-state index in [-0.39, 0.29) is 17.6 Å². The van der Waals surface area contributed by atoms with Gasteiger partial charge in [0.15, 0.2) is 0 Å². The number of hydrogen-bond donors (Lipinski definition) is 1. The third-order valence-electron chi connectivity index (χ3n) is 4.03. The molecule has 2 atom stereocenters. The molecule has 1 aliphatic rings. The molecule has 0 radical (unpaired) electrons. The second-order valence-corrected chi connectivity index (χ2v) is 5.65. The molecule has 1 amide bonds. The largest absolute Gasteiger partial charge is 0.391 e. The molecule has 114 valence electrons. The highest BCUT2D eigenvalue weighted by atomic mass is 16.6. The van der Waals surface area contributed by atoms with E-state index in [1.807, 2.05) is 0 Å². The van der Waals surface area contributed by atoms with E-state index in [1.54, 1.807) is 20.0 Å². The predicted molar refractivity (Wildman–Crippen MR) is 78.2 cm³/mol. The second kappa shape index (κ2) is 6.22. The molecule has 21 heavy (non-hydrogen) atoms. The van der Waals surface area contributed by atoms with Crippen LogP contribution in [0.15, 0.2) is 18.2 Å². The number of rotatable bonds is 3. The van der Waals surface area contributed by atoms with Gasteiger partial charge >= 0.3 is 0 Å². The summed E-state index contributed by atoms with van der Waals surface area (Å²) in [4.78, 5) is 24.4. The van der Waals surface area contributed by atoms with Crippen molar-refractivity contribution < 1.29 is 14.8 Å². The Balaban J connectivity index is 2.24. The topological polar surface area (TPSA) is 83.7 Å². The Bertz CT molecular complexity index is 559. The normalized spacial score (nSPS) is 21.9. The Morgan fingerprint density at radius 2 is 2.00 bits per heavy atom. The van der Waals surface area contributed by atoms with E-state index < -0.39 is 11.0 Å². The van der Waals surface area contributed by atoms with Gasteiger partial charge in [-0.25, -0.2) is 0 Å². The van der Waals surface area contributed by atoms with Crippen molar-refractivity contribution in [2.45, 2.75) is 44.8 Å². The predicted octanol–water partition coefficient (Wildman–Crippen LogP) is 2.28. The van der Waals surface area contributed by atoms with Gasteiger partial charge in [-0.2, -0.15) is 0 Å². The van der Waals surface area contributed by atoms with Crippen LogP contribution in [0.5, 0.6) is 0 Å². The van der Waals surface area contributed by atoms with Crippen molar-refractivity contribution in [2.24, 2.45) is 0 Å². The number of aliphatic hydroxyl groups is 1. The molecule has 1 aromatic carbocycles. The number of aryl methyl sites for hydroxylation is 1. The molecule has 6 heteroatoms. The lowest BCUT2D eigenvalue weighted by Gasteiger charge is -2.35. The summed E-state index contributed by atoms with van der Waals surface area (Å²) in [6.07, 6.45) is 2.88. The lowest BCUT2D eigenvalue weighted by atomic mass is 9.91. The van der Waals surface area contributed by atoms with Gasteiger partial charge in [0.2, 0.25) is 0 Å². The number of hydrogen-bond acceptors (Lipinski definition) is 4. The van der Waals surface area contributed by atoms with Crippen LogP contribution >= 0.6 is 0 Å². The first-order valence-electron chi connectivity index (χ1n) is 7.11. The Kier molecular flexibility index (Phi) is 4.57. The molecule has 0 saturated heterocycles. The zero-order valence-corrected chi connectivity index (χ0v) is 12.3. The lowest BCUT2D eigenvalue weighted by Crippen LogP contribution is -2.46. The Labute approximate surface area is 123 Å². The van der Waals surface area contributed by atoms with Crippen LogP contribution in [0.3, 0.4) is 0 Å². The molecule has 0 spiro atoms. The zero-order chi connectivity index (χ0) is 15.6. The molecule has 0 heterocycles. The maximum absolute atomic E-state index is 12.5. The van der Waals surface area contributed by atoms with Crippen LogP contribution < -0.4 is 0 Å². The molecule has 0 bridgehead atoms. The van der Waals surface area contributed by atoms with Crippen LogP contribution in [-0.4, -0.2) is 40.0 Å². The van der Waals surface area contributed by atoms with Gasteiger partial charge in [-0.1, -0.05) is 12.8 Å². The summed E-state index contributed by atoms with van der Waals surface area (Å²) in [6, 6.07) is 4.15. The highest BCUT2D eigenvalue weighted by Gasteiger charge is 2.30. The number of amides is 1. The summed E-state index contributed by atoms with van der Waals surface area (Å²) in [5.41, 5.74) is 0.878. The molecule has 6 nitrogen and oxygen atoms in total. The first kappa shape index (κ1) is 15.4. The van der Waals surface area contributed by atoms with Gasteiger partial charge in [0.25, 0.3) is 11.6 Å². The van der Waals surface area contributed by atoms with Crippen LogP contribution in [0, 0.1) is 17.0 Å². The molecule has 1 aromatic rings. The summed E-state index contributed by atoms with van der Waals surface area (Å²) in [5, 5.41) is 20.9. The van der Waals surface area contributed by atoms with Gasteiger partial charge in [-0.15, -0.1) is 0 Å². The number of nitrogens with zero attached hydrogens (tertiary/aromatic N) is 2. The summed E-state index contributed by atoms with van der Waals surface area (Å²) in [7, 11) is 1.65. The fraction of sp³-hybridized carbons (Fsp3) is 0.533. The smallest absolute Gasteiger partial charge is 0.270 e. The number of aliphatic hydroxyl groups excluding tert-OH is 1. The van der Waals surface area contributed by atoms with Crippen molar-refractivity contribution in [2.75, 3.05) is 7.05 Å². The first-order valence-corrected chi connectivity index (χ1v) is 7.11. The van der Waals surface area contributed by atoms with Gasteiger partial charge < -0.3 is 10.0 Å². The fourth-order valence-electron chi connectivity index (χ4n) is 2.89. The number of likely N-dealkylation sites (N-methyl/N-ethyl adjacent to an activating group) is 1. The highest BCUT2D eigenvalue weighted by Crippen LogP contribution is 2.25. The Hall–Kier alpha value is -1.95. The lowest BCUT2D eigenvalue weighted by molar-refractivity contribution is -0.384. The van der Waals surface area contributed by atoms with Crippen molar-refractivity contribution >= 4 is 11.6 Å². The van der Waals surface area contributed by atoms with Gasteiger partial charge in [0, 0.05) is 24.7 Å². The van der Waals surface area contributed by atoms with E-state index >= 15 is 0 Å². The second-order valence-electron chi connectivity index (χ2n) is 5.65. The third kappa shape index (κ3) is 3.39. The van der Waals surface area contributed by atoms with Gasteiger partial charge in [-0.05, 0) is 31.4 Å². The summed E-state index contributed by atoms with van der Waals surface area (Å²) < 4.78 is 0. The maximum Gasteiger partial charge on any atom is 0.270 e. The number of nitro benzene ring substituents is 1. The summed E-state index contributed by atoms with van der Waals surface area (Å²) >= 11 is 0. The van der Waals surface area contributed by atoms with Crippen LogP contribution in [0.2, 0.25) is 0 Å². The fourth-order valence-corrected chi connectivity index (χ4v) is 2.89. The van der Waals surface area contributed by atoms with Crippen LogP contribution in [0.25, 0.3) is 0 Å². The SMILES string of the molecule is Cc1cc(C(=O)N(C)C2CCCCC2O)cc([N+](=O)[O-])c1. The van der Waals surface area contributed by atoms with Crippen molar-refractivity contribution in [1.29, 1.82) is 0 Å². The Morgan fingerprint density at radius 1 is 1.33 bits per heavy atom. The molecule has 1 aliphatic carbocycles. The zero-order valence-electron chi connectivity index (χ0n) is 12.3. The van der Waals surface area contributed by atoms with Crippen LogP contribution in [0.1, 0.15) is 41.6 Å². The minimum atomic E-state index is -0.521. The molecule has 2 rings (SSSR count). The van der Waals surface area contributed by atoms with Crippen molar-refractivity contribution in [3.63, 3.8) is 0 Å². The van der Waals surface area contributed by atoms with E-state index in [4.69, 9.17) is 0 Å². The summed E-state index contributed by atoms with van der Waals surface area (Å²) in [5.74, 6) is -0.284. The molecular weight excluding hydrogens is 272 g/mol. The van der Waals surface area contributed by atoms with E-state index in [9.17, 15) is 20.0 Å². The van der Waals surface area contributed by atoms with Crippen molar-refractivity contribution in [3.8, 4) is 0 Å². The van der Waals surface area contributed by atoms with Gasteiger partial charge in [0.05, 0.1) is 17.1 Å².